The summed E-state index contributed by atoms with van der Waals surface area (Å²) in [5.74, 6) is 0.155. The molecule has 0 aliphatic carbocycles. The zero-order valence-electron chi connectivity index (χ0n) is 9.24. The molecular weight excluding hydrogens is 224 g/mol. The van der Waals surface area contributed by atoms with Gasteiger partial charge < -0.3 is 10.2 Å². The van der Waals surface area contributed by atoms with Crippen LogP contribution in [0.2, 0.25) is 5.02 Å². The van der Waals surface area contributed by atoms with E-state index in [2.05, 4.69) is 11.4 Å². The monoisotopic (exact) mass is 238 g/mol. The van der Waals surface area contributed by atoms with Crippen LogP contribution in [0.4, 0.5) is 0 Å². The van der Waals surface area contributed by atoms with Crippen molar-refractivity contribution in [3.8, 4) is 0 Å². The average molecular weight is 239 g/mol. The zero-order valence-corrected chi connectivity index (χ0v) is 10.00. The minimum Gasteiger partial charge on any atom is -0.343 e. The lowest BCUT2D eigenvalue weighted by Crippen LogP contribution is -2.53. The third-order valence-corrected chi connectivity index (χ3v) is 3.07. The highest BCUT2D eigenvalue weighted by Gasteiger charge is 2.21. The van der Waals surface area contributed by atoms with Gasteiger partial charge in [-0.15, -0.1) is 0 Å². The number of benzene rings is 1. The summed E-state index contributed by atoms with van der Waals surface area (Å²) in [6.07, 6.45) is 0.901. The Morgan fingerprint density at radius 3 is 3.06 bits per heavy atom. The second-order valence-corrected chi connectivity index (χ2v) is 4.62. The highest BCUT2D eigenvalue weighted by Crippen LogP contribution is 2.13. The number of piperazine rings is 1. The highest BCUT2D eigenvalue weighted by atomic mass is 35.5. The molecule has 1 aliphatic heterocycles. The van der Waals surface area contributed by atoms with Crippen LogP contribution in [-0.2, 0) is 11.2 Å². The minimum atomic E-state index is 0.155. The van der Waals surface area contributed by atoms with Gasteiger partial charge in [0.15, 0.2) is 0 Å². The van der Waals surface area contributed by atoms with Gasteiger partial charge in [0.2, 0.25) is 5.91 Å². The largest absolute Gasteiger partial charge is 0.343 e. The molecule has 1 aliphatic rings. The maximum Gasteiger partial charge on any atom is 0.236 e. The molecule has 86 valence electrons. The lowest BCUT2D eigenvalue weighted by molar-refractivity contribution is -0.131. The van der Waals surface area contributed by atoms with E-state index < -0.39 is 0 Å². The van der Waals surface area contributed by atoms with E-state index >= 15 is 0 Å². The van der Waals surface area contributed by atoms with Crippen LogP contribution >= 0.6 is 11.6 Å². The van der Waals surface area contributed by atoms with Crippen molar-refractivity contribution < 1.29 is 4.79 Å². The van der Waals surface area contributed by atoms with Crippen LogP contribution in [0.25, 0.3) is 0 Å². The first-order chi connectivity index (χ1) is 7.65. The van der Waals surface area contributed by atoms with Crippen molar-refractivity contribution in [1.82, 2.24) is 10.2 Å². The molecule has 1 heterocycles. The first-order valence-corrected chi connectivity index (χ1v) is 5.75. The summed E-state index contributed by atoms with van der Waals surface area (Å²) in [5, 5.41) is 3.99. The van der Waals surface area contributed by atoms with Crippen molar-refractivity contribution in [3.63, 3.8) is 0 Å². The molecule has 1 unspecified atom stereocenters. The Morgan fingerprint density at radius 2 is 2.38 bits per heavy atom. The molecule has 0 radical (unpaired) electrons. The van der Waals surface area contributed by atoms with E-state index in [-0.39, 0.29) is 5.91 Å². The van der Waals surface area contributed by atoms with E-state index in [1.54, 1.807) is 4.90 Å². The normalized spacial score (nSPS) is 21.2. The molecule has 4 heteroatoms. The molecule has 0 spiro atoms. The molecule has 1 atom stereocenters. The van der Waals surface area contributed by atoms with E-state index in [1.807, 2.05) is 25.2 Å². The van der Waals surface area contributed by atoms with Crippen LogP contribution in [-0.4, -0.2) is 37.0 Å². The Hall–Kier alpha value is -1.06. The van der Waals surface area contributed by atoms with Crippen LogP contribution in [0.3, 0.4) is 0 Å². The molecular formula is C12H15ClN2O. The summed E-state index contributed by atoms with van der Waals surface area (Å²) in [4.78, 5) is 13.1. The first kappa shape index (κ1) is 11.4. The first-order valence-electron chi connectivity index (χ1n) is 5.37. The molecule has 1 amide bonds. The lowest BCUT2D eigenvalue weighted by atomic mass is 10.0. The van der Waals surface area contributed by atoms with Gasteiger partial charge in [-0.05, 0) is 24.1 Å². The van der Waals surface area contributed by atoms with Gasteiger partial charge in [0.25, 0.3) is 0 Å². The van der Waals surface area contributed by atoms with Crippen LogP contribution in [0.1, 0.15) is 5.56 Å². The van der Waals surface area contributed by atoms with E-state index in [0.717, 1.165) is 18.0 Å². The second-order valence-electron chi connectivity index (χ2n) is 4.19. The predicted octanol–water partition coefficient (Wildman–Crippen LogP) is 1.31. The quantitative estimate of drug-likeness (QED) is 0.843. The Balaban J connectivity index is 1.98. The van der Waals surface area contributed by atoms with Gasteiger partial charge in [0, 0.05) is 24.7 Å². The molecule has 1 fully saturated rings. The number of hydrogen-bond donors (Lipinski definition) is 1. The standard InChI is InChI=1S/C12H15ClN2O/c1-15-8-11(14-7-12(15)16)6-9-3-2-4-10(13)5-9/h2-5,11,14H,6-8H2,1H3. The Labute approximate surface area is 100 Å². The molecule has 16 heavy (non-hydrogen) atoms. The Kier molecular flexibility index (Phi) is 3.46. The number of hydrogen-bond acceptors (Lipinski definition) is 2. The summed E-state index contributed by atoms with van der Waals surface area (Å²) in [7, 11) is 1.84. The summed E-state index contributed by atoms with van der Waals surface area (Å²) in [5.41, 5.74) is 1.20. The molecule has 0 aromatic heterocycles. The van der Waals surface area contributed by atoms with Gasteiger partial charge in [0.1, 0.15) is 0 Å². The van der Waals surface area contributed by atoms with Gasteiger partial charge in [-0.25, -0.2) is 0 Å². The number of likely N-dealkylation sites (N-methyl/N-ethyl adjacent to an activating group) is 1. The SMILES string of the molecule is CN1CC(Cc2cccc(Cl)c2)NCC1=O. The number of carbonyl (C=O) groups excluding carboxylic acids is 1. The van der Waals surface area contributed by atoms with Crippen LogP contribution in [0.5, 0.6) is 0 Å². The van der Waals surface area contributed by atoms with Crippen molar-refractivity contribution in [1.29, 1.82) is 0 Å². The van der Waals surface area contributed by atoms with Gasteiger partial charge >= 0.3 is 0 Å². The lowest BCUT2D eigenvalue weighted by Gasteiger charge is -2.30. The van der Waals surface area contributed by atoms with Crippen molar-refractivity contribution >= 4 is 17.5 Å². The number of carbonyl (C=O) groups is 1. The second kappa shape index (κ2) is 4.85. The van der Waals surface area contributed by atoms with E-state index in [4.69, 9.17) is 11.6 Å². The van der Waals surface area contributed by atoms with Gasteiger partial charge in [-0.3, -0.25) is 4.79 Å². The Morgan fingerprint density at radius 1 is 1.56 bits per heavy atom. The summed E-state index contributed by atoms with van der Waals surface area (Å²) in [6.45, 7) is 1.19. The molecule has 1 aromatic rings. The third kappa shape index (κ3) is 2.74. The fraction of sp³-hybridized carbons (Fsp3) is 0.417. The molecule has 0 bridgehead atoms. The maximum absolute atomic E-state index is 11.3. The van der Waals surface area contributed by atoms with Crippen LogP contribution < -0.4 is 5.32 Å². The van der Waals surface area contributed by atoms with Crippen LogP contribution in [0, 0.1) is 0 Å². The van der Waals surface area contributed by atoms with Gasteiger partial charge in [0.05, 0.1) is 6.54 Å². The van der Waals surface area contributed by atoms with E-state index in [9.17, 15) is 4.79 Å². The number of amides is 1. The van der Waals surface area contributed by atoms with Crippen molar-refractivity contribution in [2.24, 2.45) is 0 Å². The minimum absolute atomic E-state index is 0.155. The highest BCUT2D eigenvalue weighted by molar-refractivity contribution is 6.30. The molecule has 2 rings (SSSR count). The Bertz CT molecular complexity index is 394. The predicted molar refractivity (Wildman–Crippen MR) is 64.6 cm³/mol. The van der Waals surface area contributed by atoms with E-state index in [0.29, 0.717) is 12.6 Å². The molecule has 3 nitrogen and oxygen atoms in total. The topological polar surface area (TPSA) is 32.3 Å². The average Bonchev–Trinajstić information content (AvgIpc) is 2.24. The number of nitrogens with one attached hydrogen (secondary N) is 1. The fourth-order valence-corrected chi connectivity index (χ4v) is 2.16. The van der Waals surface area contributed by atoms with Crippen molar-refractivity contribution in [2.45, 2.75) is 12.5 Å². The van der Waals surface area contributed by atoms with Crippen LogP contribution in [0.15, 0.2) is 24.3 Å². The molecule has 1 N–H and O–H groups in total. The van der Waals surface area contributed by atoms with Crippen molar-refractivity contribution in [3.05, 3.63) is 34.9 Å². The summed E-state index contributed by atoms with van der Waals surface area (Å²) >= 11 is 5.93. The van der Waals surface area contributed by atoms with Crippen molar-refractivity contribution in [2.75, 3.05) is 20.1 Å². The van der Waals surface area contributed by atoms with Gasteiger partial charge in [-0.1, -0.05) is 23.7 Å². The fourth-order valence-electron chi connectivity index (χ4n) is 1.95. The molecule has 1 aromatic carbocycles. The maximum atomic E-state index is 11.3. The zero-order chi connectivity index (χ0) is 11.5. The number of halogens is 1. The number of nitrogens with zero attached hydrogens (tertiary/aromatic N) is 1. The van der Waals surface area contributed by atoms with E-state index in [1.165, 1.54) is 5.56 Å². The van der Waals surface area contributed by atoms with Gasteiger partial charge in [-0.2, -0.15) is 0 Å². The molecule has 0 saturated carbocycles. The smallest absolute Gasteiger partial charge is 0.236 e. The third-order valence-electron chi connectivity index (χ3n) is 2.83. The summed E-state index contributed by atoms with van der Waals surface area (Å²) in [6, 6.07) is 8.18. The summed E-state index contributed by atoms with van der Waals surface area (Å²) < 4.78 is 0. The number of rotatable bonds is 2. The molecule has 1 saturated heterocycles.